The molecule has 4 aromatic rings. The van der Waals surface area contributed by atoms with Crippen molar-refractivity contribution in [2.45, 2.75) is 36.6 Å². The van der Waals surface area contributed by atoms with E-state index in [-0.39, 0.29) is 57.7 Å². The number of anilines is 2. The van der Waals surface area contributed by atoms with Crippen molar-refractivity contribution >= 4 is 81.6 Å². The topological polar surface area (TPSA) is 223 Å². The average molecular weight is 770 g/mol. The number of carbonyl (C=O) groups excluding carboxylic acids is 4. The standard InChI is InChI=1S/C34H30Cl2N6O9S/c35-24-17-22(41(47)48)11-13-26(24)38-32(44)28(15-20-7-3-1-4-8-20)37-31(43)19-30(52-51)34(46)40-29(16-21-9-5-2-6-10-21)33(45)39-27-14-12-23(42(49)50)18-25(27)36/h1-14,17-18,28-30,51H,15-16,19H2,(H,37,43)(H,38,44)(H,39,45)(H,40,46)/t28?,29-,30?/m0/s1. The summed E-state index contributed by atoms with van der Waals surface area (Å²) >= 11 is 12.4. The summed E-state index contributed by atoms with van der Waals surface area (Å²) in [6.07, 6.45) is -0.614. The van der Waals surface area contributed by atoms with Crippen LogP contribution in [-0.2, 0) is 32.0 Å². The fourth-order valence-electron chi connectivity index (χ4n) is 4.86. The molecule has 4 aromatic carbocycles. The Labute approximate surface area is 310 Å². The van der Waals surface area contributed by atoms with Gasteiger partial charge in [-0.15, -0.1) is 0 Å². The predicted molar refractivity (Wildman–Crippen MR) is 196 cm³/mol. The van der Waals surface area contributed by atoms with Gasteiger partial charge in [0.1, 0.15) is 17.3 Å². The average Bonchev–Trinajstić information content (AvgIpc) is 3.12. The van der Waals surface area contributed by atoms with E-state index in [4.69, 9.17) is 23.2 Å². The number of benzene rings is 4. The predicted octanol–water partition coefficient (Wildman–Crippen LogP) is 5.81. The molecule has 0 fully saturated rings. The lowest BCUT2D eigenvalue weighted by atomic mass is 10.0. The third kappa shape index (κ3) is 11.2. The minimum absolute atomic E-state index is 0.0106. The van der Waals surface area contributed by atoms with E-state index in [2.05, 4.69) is 21.3 Å². The highest BCUT2D eigenvalue weighted by atomic mass is 35.5. The van der Waals surface area contributed by atoms with E-state index in [1.165, 1.54) is 12.1 Å². The molecule has 0 spiro atoms. The Morgan fingerprint density at radius 2 is 1.08 bits per heavy atom. The highest BCUT2D eigenvalue weighted by molar-refractivity contribution is 7.95. The van der Waals surface area contributed by atoms with Crippen LogP contribution in [0.3, 0.4) is 0 Å². The van der Waals surface area contributed by atoms with Crippen molar-refractivity contribution in [2.24, 2.45) is 0 Å². The zero-order chi connectivity index (χ0) is 37.8. The van der Waals surface area contributed by atoms with E-state index >= 15 is 0 Å². The van der Waals surface area contributed by atoms with Gasteiger partial charge in [0, 0.05) is 55.6 Å². The Bertz CT molecular complexity index is 1960. The highest BCUT2D eigenvalue weighted by Crippen LogP contribution is 2.28. The molecule has 4 amide bonds. The van der Waals surface area contributed by atoms with Gasteiger partial charge in [0.05, 0.1) is 31.3 Å². The van der Waals surface area contributed by atoms with Crippen LogP contribution in [-0.4, -0.2) is 55.4 Å². The summed E-state index contributed by atoms with van der Waals surface area (Å²) in [5, 5.41) is 30.8. The second kappa shape index (κ2) is 18.6. The molecule has 5 N–H and O–H groups in total. The lowest BCUT2D eigenvalue weighted by molar-refractivity contribution is -0.385. The molecule has 18 heteroatoms. The van der Waals surface area contributed by atoms with Crippen molar-refractivity contribution in [1.82, 2.24) is 10.6 Å². The van der Waals surface area contributed by atoms with E-state index < -0.39 is 57.2 Å². The van der Waals surface area contributed by atoms with Crippen LogP contribution in [0.2, 0.25) is 10.0 Å². The van der Waals surface area contributed by atoms with Crippen molar-refractivity contribution < 1.29 is 33.6 Å². The van der Waals surface area contributed by atoms with E-state index in [0.717, 1.165) is 24.3 Å². The molecule has 0 saturated carbocycles. The summed E-state index contributed by atoms with van der Waals surface area (Å²) in [5.41, 5.74) is 0.858. The van der Waals surface area contributed by atoms with Crippen LogP contribution in [0, 0.1) is 20.2 Å². The number of amides is 4. The van der Waals surface area contributed by atoms with Crippen molar-refractivity contribution in [3.63, 3.8) is 0 Å². The van der Waals surface area contributed by atoms with Gasteiger partial charge in [0.15, 0.2) is 0 Å². The van der Waals surface area contributed by atoms with E-state index in [1.807, 2.05) is 0 Å². The summed E-state index contributed by atoms with van der Waals surface area (Å²) in [7, 11) is 0. The molecule has 270 valence electrons. The smallest absolute Gasteiger partial charge is 0.271 e. The molecule has 0 aromatic heterocycles. The monoisotopic (exact) mass is 768 g/mol. The second-order valence-electron chi connectivity index (χ2n) is 11.2. The maximum atomic E-state index is 13.4. The molecule has 0 saturated heterocycles. The minimum Gasteiger partial charge on any atom is -0.344 e. The van der Waals surface area contributed by atoms with Gasteiger partial charge in [0.25, 0.3) is 11.4 Å². The Balaban J connectivity index is 1.48. The zero-order valence-corrected chi connectivity index (χ0v) is 29.2. The van der Waals surface area contributed by atoms with E-state index in [0.29, 0.717) is 11.1 Å². The number of nitrogens with one attached hydrogen (secondary N) is 4. The molecule has 15 nitrogen and oxygen atoms in total. The maximum Gasteiger partial charge on any atom is 0.271 e. The van der Waals surface area contributed by atoms with Gasteiger partial charge in [-0.1, -0.05) is 83.9 Å². The molecular weight excluding hydrogens is 739 g/mol. The molecule has 0 aliphatic rings. The molecule has 2 unspecified atom stereocenters. The molecule has 52 heavy (non-hydrogen) atoms. The van der Waals surface area contributed by atoms with Crippen molar-refractivity contribution in [1.29, 1.82) is 0 Å². The van der Waals surface area contributed by atoms with Crippen LogP contribution in [0.1, 0.15) is 17.5 Å². The number of hydrogen-bond acceptors (Lipinski definition) is 10. The maximum absolute atomic E-state index is 13.4. The molecule has 0 bridgehead atoms. The Kier molecular flexibility index (Phi) is 14.0. The van der Waals surface area contributed by atoms with Crippen LogP contribution in [0.25, 0.3) is 0 Å². The molecule has 0 heterocycles. The highest BCUT2D eigenvalue weighted by Gasteiger charge is 2.30. The van der Waals surface area contributed by atoms with Crippen molar-refractivity contribution in [2.75, 3.05) is 10.6 Å². The summed E-state index contributed by atoms with van der Waals surface area (Å²) in [6.45, 7) is 0. The lowest BCUT2D eigenvalue weighted by Crippen LogP contribution is -2.50. The largest absolute Gasteiger partial charge is 0.344 e. The molecule has 0 aliphatic heterocycles. The number of nitro groups is 2. The van der Waals surface area contributed by atoms with Gasteiger partial charge in [-0.25, -0.2) is 0 Å². The third-order valence-electron chi connectivity index (χ3n) is 7.48. The molecule has 0 radical (unpaired) electrons. The number of nitrogens with zero attached hydrogens (tertiary/aromatic N) is 2. The van der Waals surface area contributed by atoms with Crippen molar-refractivity contribution in [3.8, 4) is 0 Å². The van der Waals surface area contributed by atoms with Crippen LogP contribution in [0.5, 0.6) is 0 Å². The number of carbonyl (C=O) groups is 4. The first-order valence-electron chi connectivity index (χ1n) is 15.3. The minimum atomic E-state index is -1.43. The number of nitro benzene ring substituents is 2. The second-order valence-corrected chi connectivity index (χ2v) is 12.8. The van der Waals surface area contributed by atoms with Gasteiger partial charge >= 0.3 is 0 Å². The van der Waals surface area contributed by atoms with E-state index in [1.54, 1.807) is 60.7 Å². The summed E-state index contributed by atoms with van der Waals surface area (Å²) in [5.74, 6) is -3.12. The molecule has 3 atom stereocenters. The fourth-order valence-corrected chi connectivity index (χ4v) is 5.69. The molecule has 4 rings (SSSR count). The van der Waals surface area contributed by atoms with Gasteiger partial charge in [0.2, 0.25) is 23.6 Å². The number of halogens is 2. The Hall–Kier alpha value is -5.55. The van der Waals surface area contributed by atoms with Gasteiger partial charge in [-0.05, 0) is 23.3 Å². The van der Waals surface area contributed by atoms with Gasteiger partial charge in [-0.3, -0.25) is 39.4 Å². The molecular formula is C34H30Cl2N6O9S. The Morgan fingerprint density at radius 1 is 0.654 bits per heavy atom. The first-order chi connectivity index (χ1) is 24.8. The summed E-state index contributed by atoms with van der Waals surface area (Å²) in [4.78, 5) is 74.4. The normalized spacial score (nSPS) is 12.4. The number of rotatable bonds is 16. The SMILES string of the molecule is O=C(CC(SO)C(=O)N[C@@H](Cc1ccccc1)C(=O)Nc1ccc([N+](=O)[O-])cc1Cl)NC(Cc1ccccc1)C(=O)Nc1ccc([N+](=O)[O-])cc1Cl. The first-order valence-corrected chi connectivity index (χ1v) is 16.9. The number of non-ortho nitro benzene ring substituents is 2. The quantitative estimate of drug-likeness (QED) is 0.0523. The lowest BCUT2D eigenvalue weighted by Gasteiger charge is -2.23. The van der Waals surface area contributed by atoms with Crippen LogP contribution in [0.15, 0.2) is 97.1 Å². The first kappa shape index (κ1) is 39.2. The van der Waals surface area contributed by atoms with E-state index in [9.17, 15) is 44.0 Å². The summed E-state index contributed by atoms with van der Waals surface area (Å²) < 4.78 is 10.1. The fraction of sp³-hybridized carbons (Fsp3) is 0.176. The molecule has 0 aliphatic carbocycles. The van der Waals surface area contributed by atoms with Gasteiger partial charge in [-0.2, -0.15) is 0 Å². The Morgan fingerprint density at radius 3 is 1.46 bits per heavy atom. The van der Waals surface area contributed by atoms with Crippen LogP contribution in [0.4, 0.5) is 22.7 Å². The van der Waals surface area contributed by atoms with Crippen LogP contribution < -0.4 is 21.3 Å². The van der Waals surface area contributed by atoms with Gasteiger partial charge < -0.3 is 25.8 Å². The van der Waals surface area contributed by atoms with Crippen molar-refractivity contribution in [3.05, 3.63) is 138 Å². The van der Waals surface area contributed by atoms with Crippen LogP contribution >= 0.6 is 35.2 Å². The number of hydrogen-bond donors (Lipinski definition) is 5. The summed E-state index contributed by atoms with van der Waals surface area (Å²) in [6, 6.07) is 21.8. The third-order valence-corrected chi connectivity index (χ3v) is 8.74. The zero-order valence-electron chi connectivity index (χ0n) is 26.9.